The van der Waals surface area contributed by atoms with E-state index in [1.807, 2.05) is 29.2 Å². The fourth-order valence-electron chi connectivity index (χ4n) is 2.45. The van der Waals surface area contributed by atoms with Crippen LogP contribution in [-0.2, 0) is 0 Å². The Bertz CT molecular complexity index is 684. The number of nitrogens with zero attached hydrogens (tertiary/aromatic N) is 4. The predicted octanol–water partition coefficient (Wildman–Crippen LogP) is 3.03. The molecule has 0 spiro atoms. The molecule has 2 heterocycles. The Morgan fingerprint density at radius 2 is 2.00 bits per heavy atom. The first-order chi connectivity index (χ1) is 11.2. The van der Waals surface area contributed by atoms with Crippen molar-refractivity contribution >= 4 is 34.1 Å². The van der Waals surface area contributed by atoms with E-state index in [4.69, 9.17) is 11.6 Å². The van der Waals surface area contributed by atoms with E-state index in [1.165, 1.54) is 11.3 Å². The van der Waals surface area contributed by atoms with E-state index in [0.29, 0.717) is 15.2 Å². The van der Waals surface area contributed by atoms with E-state index in [0.717, 1.165) is 38.3 Å². The van der Waals surface area contributed by atoms with Gasteiger partial charge in [0.2, 0.25) is 5.13 Å². The molecule has 3 rings (SSSR count). The molecule has 1 saturated heterocycles. The summed E-state index contributed by atoms with van der Waals surface area (Å²) < 4.78 is 0. The maximum absolute atomic E-state index is 12.3. The number of amides is 2. The van der Waals surface area contributed by atoms with Crippen LogP contribution >= 0.6 is 22.9 Å². The molecule has 8 heteroatoms. The number of likely N-dealkylation sites (N-methyl/N-ethyl adjacent to an activating group) is 1. The van der Waals surface area contributed by atoms with Crippen LogP contribution in [0.1, 0.15) is 6.92 Å². The van der Waals surface area contributed by atoms with Gasteiger partial charge in [-0.25, -0.2) is 4.79 Å². The molecule has 0 radical (unpaired) electrons. The Morgan fingerprint density at radius 1 is 1.26 bits per heavy atom. The van der Waals surface area contributed by atoms with E-state index < -0.39 is 0 Å². The van der Waals surface area contributed by atoms with Gasteiger partial charge in [0.05, 0.1) is 5.02 Å². The van der Waals surface area contributed by atoms with Crippen molar-refractivity contribution in [2.75, 3.05) is 38.0 Å². The first-order valence-corrected chi connectivity index (χ1v) is 8.73. The Kier molecular flexibility index (Phi) is 5.09. The number of rotatable bonds is 3. The maximum Gasteiger partial charge on any atom is 0.323 e. The number of piperazine rings is 1. The molecular formula is C15H18ClN5OS. The molecule has 23 heavy (non-hydrogen) atoms. The number of carbonyl (C=O) groups excluding carboxylic acids is 1. The molecule has 2 aromatic rings. The average Bonchev–Trinajstić information content (AvgIpc) is 3.03. The highest BCUT2D eigenvalue weighted by Crippen LogP contribution is 2.31. The summed E-state index contributed by atoms with van der Waals surface area (Å²) in [4.78, 5) is 16.4. The maximum atomic E-state index is 12.3. The minimum absolute atomic E-state index is 0.123. The van der Waals surface area contributed by atoms with Crippen LogP contribution in [0.4, 0.5) is 9.93 Å². The fourth-order valence-corrected chi connectivity index (χ4v) is 3.51. The lowest BCUT2D eigenvalue weighted by atomic mass is 10.2. The molecular weight excluding hydrogens is 334 g/mol. The van der Waals surface area contributed by atoms with Crippen LogP contribution in [0.2, 0.25) is 5.02 Å². The molecule has 0 unspecified atom stereocenters. The zero-order valence-corrected chi connectivity index (χ0v) is 14.4. The van der Waals surface area contributed by atoms with Crippen molar-refractivity contribution in [3.63, 3.8) is 0 Å². The molecule has 1 aromatic carbocycles. The van der Waals surface area contributed by atoms with E-state index in [-0.39, 0.29) is 6.03 Å². The van der Waals surface area contributed by atoms with Gasteiger partial charge in [0.1, 0.15) is 0 Å². The zero-order chi connectivity index (χ0) is 16.2. The van der Waals surface area contributed by atoms with E-state index in [9.17, 15) is 4.79 Å². The van der Waals surface area contributed by atoms with Crippen molar-refractivity contribution in [3.8, 4) is 10.6 Å². The van der Waals surface area contributed by atoms with Crippen LogP contribution in [0.25, 0.3) is 10.6 Å². The van der Waals surface area contributed by atoms with E-state index in [2.05, 4.69) is 27.3 Å². The SMILES string of the molecule is CCN1CCN(C(=O)Nc2nnc(-c3ccccc3Cl)s2)CC1. The molecule has 1 aliphatic heterocycles. The second-order valence-electron chi connectivity index (χ2n) is 5.24. The minimum atomic E-state index is -0.123. The summed E-state index contributed by atoms with van der Waals surface area (Å²) in [7, 11) is 0. The van der Waals surface area contributed by atoms with Crippen LogP contribution in [0.15, 0.2) is 24.3 Å². The largest absolute Gasteiger partial charge is 0.323 e. The summed E-state index contributed by atoms with van der Waals surface area (Å²) in [6, 6.07) is 7.34. The Hall–Kier alpha value is -1.70. The summed E-state index contributed by atoms with van der Waals surface area (Å²) in [5.74, 6) is 0. The number of urea groups is 1. The number of hydrogen-bond donors (Lipinski definition) is 1. The van der Waals surface area contributed by atoms with Gasteiger partial charge < -0.3 is 9.80 Å². The van der Waals surface area contributed by atoms with E-state index in [1.54, 1.807) is 0 Å². The summed E-state index contributed by atoms with van der Waals surface area (Å²) >= 11 is 7.48. The number of carbonyl (C=O) groups is 1. The molecule has 0 atom stereocenters. The van der Waals surface area contributed by atoms with Gasteiger partial charge in [0.25, 0.3) is 0 Å². The van der Waals surface area contributed by atoms with Crippen LogP contribution in [0.5, 0.6) is 0 Å². The number of benzene rings is 1. The van der Waals surface area contributed by atoms with Gasteiger partial charge in [0, 0.05) is 31.7 Å². The number of nitrogens with one attached hydrogen (secondary N) is 1. The Labute approximate surface area is 144 Å². The quantitative estimate of drug-likeness (QED) is 0.923. The third-order valence-electron chi connectivity index (χ3n) is 3.85. The number of aromatic nitrogens is 2. The lowest BCUT2D eigenvalue weighted by Gasteiger charge is -2.33. The Morgan fingerprint density at radius 3 is 2.70 bits per heavy atom. The van der Waals surface area contributed by atoms with Crippen LogP contribution in [-0.4, -0.2) is 58.8 Å². The predicted molar refractivity (Wildman–Crippen MR) is 93.1 cm³/mol. The first-order valence-electron chi connectivity index (χ1n) is 7.54. The van der Waals surface area contributed by atoms with Gasteiger partial charge >= 0.3 is 6.03 Å². The highest BCUT2D eigenvalue weighted by atomic mass is 35.5. The van der Waals surface area contributed by atoms with Gasteiger partial charge in [-0.15, -0.1) is 10.2 Å². The van der Waals surface area contributed by atoms with Crippen molar-refractivity contribution < 1.29 is 4.79 Å². The smallest absolute Gasteiger partial charge is 0.322 e. The summed E-state index contributed by atoms with van der Waals surface area (Å²) in [5.41, 5.74) is 0.823. The zero-order valence-electron chi connectivity index (χ0n) is 12.8. The molecule has 1 fully saturated rings. The lowest BCUT2D eigenvalue weighted by Crippen LogP contribution is -2.49. The first kappa shape index (κ1) is 16.2. The van der Waals surface area contributed by atoms with Crippen LogP contribution in [0, 0.1) is 0 Å². The number of halogens is 1. The second-order valence-corrected chi connectivity index (χ2v) is 6.63. The summed E-state index contributed by atoms with van der Waals surface area (Å²) in [5, 5.41) is 12.8. The van der Waals surface area contributed by atoms with Gasteiger partial charge in [0.15, 0.2) is 5.01 Å². The number of anilines is 1. The van der Waals surface area contributed by atoms with Gasteiger partial charge in [-0.2, -0.15) is 0 Å². The molecule has 2 amide bonds. The lowest BCUT2D eigenvalue weighted by molar-refractivity contribution is 0.151. The molecule has 0 saturated carbocycles. The molecule has 0 aliphatic carbocycles. The molecule has 0 bridgehead atoms. The average molecular weight is 352 g/mol. The third kappa shape index (κ3) is 3.80. The fraction of sp³-hybridized carbons (Fsp3) is 0.400. The molecule has 1 N–H and O–H groups in total. The van der Waals surface area contributed by atoms with Crippen LogP contribution < -0.4 is 5.32 Å². The third-order valence-corrected chi connectivity index (χ3v) is 5.05. The molecule has 1 aromatic heterocycles. The van der Waals surface area contributed by atoms with E-state index >= 15 is 0 Å². The van der Waals surface area contributed by atoms with Crippen molar-refractivity contribution in [2.24, 2.45) is 0 Å². The van der Waals surface area contributed by atoms with Gasteiger partial charge in [-0.05, 0) is 12.6 Å². The Balaban J connectivity index is 1.63. The highest BCUT2D eigenvalue weighted by molar-refractivity contribution is 7.18. The van der Waals surface area contributed by atoms with Crippen molar-refractivity contribution in [1.82, 2.24) is 20.0 Å². The van der Waals surface area contributed by atoms with Gasteiger partial charge in [-0.3, -0.25) is 5.32 Å². The van der Waals surface area contributed by atoms with Crippen molar-refractivity contribution in [3.05, 3.63) is 29.3 Å². The second kappa shape index (κ2) is 7.25. The standard InChI is InChI=1S/C15H18ClN5OS/c1-2-20-7-9-21(10-8-20)15(22)17-14-19-18-13(23-14)11-5-3-4-6-12(11)16/h3-6H,2,7-10H2,1H3,(H,17,19,22). The molecule has 122 valence electrons. The normalized spacial score (nSPS) is 15.7. The topological polar surface area (TPSA) is 61.4 Å². The monoisotopic (exact) mass is 351 g/mol. The van der Waals surface area contributed by atoms with Crippen molar-refractivity contribution in [2.45, 2.75) is 6.92 Å². The summed E-state index contributed by atoms with van der Waals surface area (Å²) in [6.45, 7) is 6.43. The number of hydrogen-bond acceptors (Lipinski definition) is 5. The molecule has 1 aliphatic rings. The van der Waals surface area contributed by atoms with Gasteiger partial charge in [-0.1, -0.05) is 48.1 Å². The minimum Gasteiger partial charge on any atom is -0.322 e. The highest BCUT2D eigenvalue weighted by Gasteiger charge is 2.21. The van der Waals surface area contributed by atoms with Crippen LogP contribution in [0.3, 0.4) is 0 Å². The van der Waals surface area contributed by atoms with Crippen molar-refractivity contribution in [1.29, 1.82) is 0 Å². The summed E-state index contributed by atoms with van der Waals surface area (Å²) in [6.07, 6.45) is 0. The molecule has 6 nitrogen and oxygen atoms in total.